The van der Waals surface area contributed by atoms with Gasteiger partial charge in [0.25, 0.3) is 0 Å². The third kappa shape index (κ3) is 3.71. The molecule has 0 fully saturated rings. The lowest BCUT2D eigenvalue weighted by atomic mass is 9.99. The highest BCUT2D eigenvalue weighted by atomic mass is 16.6. The summed E-state index contributed by atoms with van der Waals surface area (Å²) in [6, 6.07) is 11.1. The van der Waals surface area contributed by atoms with Crippen LogP contribution < -0.4 is 14.2 Å². The number of benzene rings is 2. The summed E-state index contributed by atoms with van der Waals surface area (Å²) in [6.45, 7) is 4.17. The summed E-state index contributed by atoms with van der Waals surface area (Å²) in [4.78, 5) is 16.8. The van der Waals surface area contributed by atoms with Gasteiger partial charge in [-0.05, 0) is 47.4 Å². The lowest BCUT2D eigenvalue weighted by Crippen LogP contribution is -2.08. The second kappa shape index (κ2) is 8.17. The number of esters is 1. The molecule has 2 aromatic carbocycles. The Morgan fingerprint density at radius 1 is 0.964 bits per heavy atom. The summed E-state index contributed by atoms with van der Waals surface area (Å²) < 4.78 is 21.6. The van der Waals surface area contributed by atoms with Crippen molar-refractivity contribution >= 4 is 17.9 Å². The molecule has 0 atom stereocenters. The lowest BCUT2D eigenvalue weighted by Gasteiger charge is -2.12. The van der Waals surface area contributed by atoms with Gasteiger partial charge in [-0.1, -0.05) is 26.0 Å². The Balaban J connectivity index is 2.03. The molecular weight excluding hydrogens is 358 g/mol. The van der Waals surface area contributed by atoms with E-state index in [1.165, 1.54) is 14.2 Å². The normalized spacial score (nSPS) is 14.9. The van der Waals surface area contributed by atoms with E-state index in [2.05, 4.69) is 18.8 Å². The van der Waals surface area contributed by atoms with Gasteiger partial charge in [-0.3, -0.25) is 0 Å². The van der Waals surface area contributed by atoms with Gasteiger partial charge in [-0.25, -0.2) is 9.79 Å². The molecule has 6 heteroatoms. The first-order valence-electron chi connectivity index (χ1n) is 8.90. The summed E-state index contributed by atoms with van der Waals surface area (Å²) in [6.07, 6.45) is 1.70. The molecule has 2 aromatic rings. The fraction of sp³-hybridized carbons (Fsp3) is 0.273. The monoisotopic (exact) mass is 381 g/mol. The lowest BCUT2D eigenvalue weighted by molar-refractivity contribution is -0.129. The largest absolute Gasteiger partial charge is 0.496 e. The second-order valence-electron chi connectivity index (χ2n) is 6.53. The quantitative estimate of drug-likeness (QED) is 0.555. The molecule has 0 saturated carbocycles. The van der Waals surface area contributed by atoms with Crippen LogP contribution in [0.15, 0.2) is 47.1 Å². The van der Waals surface area contributed by atoms with Crippen LogP contribution in [-0.2, 0) is 9.53 Å². The van der Waals surface area contributed by atoms with Gasteiger partial charge in [0, 0.05) is 0 Å². The Bertz CT molecular complexity index is 937. The maximum Gasteiger partial charge on any atom is 0.363 e. The van der Waals surface area contributed by atoms with E-state index in [0.29, 0.717) is 17.1 Å². The molecule has 6 nitrogen and oxygen atoms in total. The van der Waals surface area contributed by atoms with Gasteiger partial charge in [-0.2, -0.15) is 0 Å². The molecule has 28 heavy (non-hydrogen) atoms. The molecule has 0 spiro atoms. The number of cyclic esters (lactones) is 1. The van der Waals surface area contributed by atoms with Gasteiger partial charge >= 0.3 is 5.97 Å². The van der Waals surface area contributed by atoms with Crippen molar-refractivity contribution < 1.29 is 23.7 Å². The number of hydrogen-bond donors (Lipinski definition) is 0. The molecule has 1 heterocycles. The average molecular weight is 381 g/mol. The van der Waals surface area contributed by atoms with Crippen LogP contribution in [0.1, 0.15) is 36.5 Å². The van der Waals surface area contributed by atoms with E-state index in [0.717, 1.165) is 16.9 Å². The summed E-state index contributed by atoms with van der Waals surface area (Å²) in [5, 5.41) is 0. The first-order valence-corrected chi connectivity index (χ1v) is 8.90. The molecule has 0 amide bonds. The van der Waals surface area contributed by atoms with Crippen molar-refractivity contribution in [1.29, 1.82) is 0 Å². The minimum absolute atomic E-state index is 0.156. The maximum absolute atomic E-state index is 12.4. The molecule has 3 rings (SSSR count). The van der Waals surface area contributed by atoms with E-state index in [-0.39, 0.29) is 17.5 Å². The molecule has 146 valence electrons. The molecule has 0 aromatic heterocycles. The highest BCUT2D eigenvalue weighted by Gasteiger charge is 2.29. The maximum atomic E-state index is 12.4. The Kier molecular flexibility index (Phi) is 5.68. The van der Waals surface area contributed by atoms with Gasteiger partial charge in [-0.15, -0.1) is 0 Å². The third-order valence-electron chi connectivity index (χ3n) is 4.44. The van der Waals surface area contributed by atoms with E-state index >= 15 is 0 Å². The van der Waals surface area contributed by atoms with E-state index in [1.807, 2.05) is 18.2 Å². The zero-order chi connectivity index (χ0) is 20.3. The van der Waals surface area contributed by atoms with Gasteiger partial charge in [0.05, 0.1) is 21.3 Å². The second-order valence-corrected chi connectivity index (χ2v) is 6.53. The first-order chi connectivity index (χ1) is 13.5. The zero-order valence-corrected chi connectivity index (χ0v) is 16.6. The van der Waals surface area contributed by atoms with Crippen LogP contribution in [0, 0.1) is 0 Å². The van der Waals surface area contributed by atoms with Gasteiger partial charge in [0.15, 0.2) is 5.70 Å². The predicted molar refractivity (Wildman–Crippen MR) is 107 cm³/mol. The Morgan fingerprint density at radius 3 is 2.18 bits per heavy atom. The number of aliphatic imine (C=N–C) groups is 1. The van der Waals surface area contributed by atoms with E-state index in [1.54, 1.807) is 31.4 Å². The minimum atomic E-state index is -0.523. The third-order valence-corrected chi connectivity index (χ3v) is 4.44. The minimum Gasteiger partial charge on any atom is -0.496 e. The standard InChI is InChI=1S/C22H23NO5/c1-13(2)15-11-14(9-10-17(15)25-3)12-16-22(24)28-21(23-16)20-18(26-4)7-6-8-19(20)27-5/h6-13H,1-5H3/b16-12+. The number of rotatable bonds is 6. The van der Waals surface area contributed by atoms with E-state index in [4.69, 9.17) is 18.9 Å². The van der Waals surface area contributed by atoms with Crippen molar-refractivity contribution in [2.24, 2.45) is 4.99 Å². The van der Waals surface area contributed by atoms with Crippen LogP contribution in [0.2, 0.25) is 0 Å². The number of hydrogen-bond acceptors (Lipinski definition) is 6. The zero-order valence-electron chi connectivity index (χ0n) is 16.6. The van der Waals surface area contributed by atoms with Gasteiger partial charge in [0.1, 0.15) is 22.8 Å². The summed E-state index contributed by atoms with van der Waals surface area (Å²) in [7, 11) is 4.72. The van der Waals surface area contributed by atoms with E-state index < -0.39 is 5.97 Å². The number of nitrogens with zero attached hydrogens (tertiary/aromatic N) is 1. The van der Waals surface area contributed by atoms with Crippen molar-refractivity contribution in [3.63, 3.8) is 0 Å². The Hall–Kier alpha value is -3.28. The van der Waals surface area contributed by atoms with Gasteiger partial charge in [0.2, 0.25) is 5.90 Å². The van der Waals surface area contributed by atoms with Crippen LogP contribution in [0.5, 0.6) is 17.2 Å². The number of ether oxygens (including phenoxy) is 4. The topological polar surface area (TPSA) is 66.3 Å². The van der Waals surface area contributed by atoms with Crippen LogP contribution in [0.25, 0.3) is 6.08 Å². The molecule has 0 radical (unpaired) electrons. The fourth-order valence-corrected chi connectivity index (χ4v) is 3.03. The molecule has 0 bridgehead atoms. The SMILES string of the molecule is COc1ccc(/C=C2/N=C(c3c(OC)cccc3OC)OC2=O)cc1C(C)C. The van der Waals surface area contributed by atoms with E-state index in [9.17, 15) is 4.79 Å². The molecule has 1 aliphatic heterocycles. The van der Waals surface area contributed by atoms with Crippen molar-refractivity contribution in [2.45, 2.75) is 19.8 Å². The average Bonchev–Trinajstić information content (AvgIpc) is 3.06. The summed E-state index contributed by atoms with van der Waals surface area (Å²) >= 11 is 0. The first kappa shape index (κ1) is 19.5. The highest BCUT2D eigenvalue weighted by molar-refractivity contribution is 6.14. The predicted octanol–water partition coefficient (Wildman–Crippen LogP) is 4.18. The van der Waals surface area contributed by atoms with Crippen LogP contribution in [0.4, 0.5) is 0 Å². The van der Waals surface area contributed by atoms with Crippen LogP contribution in [0.3, 0.4) is 0 Å². The molecular formula is C22H23NO5. The molecule has 0 N–H and O–H groups in total. The summed E-state index contributed by atoms with van der Waals surface area (Å²) in [5.74, 6) is 1.75. The fourth-order valence-electron chi connectivity index (χ4n) is 3.03. The number of carbonyl (C=O) groups excluding carboxylic acids is 1. The Morgan fingerprint density at radius 2 is 1.61 bits per heavy atom. The summed E-state index contributed by atoms with van der Waals surface area (Å²) in [5.41, 5.74) is 2.61. The highest BCUT2D eigenvalue weighted by Crippen LogP contribution is 2.33. The smallest absolute Gasteiger partial charge is 0.363 e. The van der Waals surface area contributed by atoms with Crippen molar-refractivity contribution in [1.82, 2.24) is 0 Å². The van der Waals surface area contributed by atoms with Crippen LogP contribution >= 0.6 is 0 Å². The molecule has 0 aliphatic carbocycles. The van der Waals surface area contributed by atoms with Gasteiger partial charge < -0.3 is 18.9 Å². The Labute approximate surface area is 164 Å². The van der Waals surface area contributed by atoms with Crippen molar-refractivity contribution in [3.8, 4) is 17.2 Å². The molecule has 0 unspecified atom stereocenters. The number of carbonyl (C=O) groups is 1. The number of methoxy groups -OCH3 is 3. The van der Waals surface area contributed by atoms with Crippen molar-refractivity contribution in [3.05, 3.63) is 58.8 Å². The molecule has 1 aliphatic rings. The molecule has 0 saturated heterocycles. The van der Waals surface area contributed by atoms with Crippen molar-refractivity contribution in [2.75, 3.05) is 21.3 Å². The van der Waals surface area contributed by atoms with Crippen LogP contribution in [-0.4, -0.2) is 33.2 Å².